The third kappa shape index (κ3) is 2.76. The Hall–Kier alpha value is -2.56. The minimum atomic E-state index is -0.460. The summed E-state index contributed by atoms with van der Waals surface area (Å²) in [5, 5.41) is 0. The van der Waals surface area contributed by atoms with E-state index in [4.69, 9.17) is 16.2 Å². The van der Waals surface area contributed by atoms with Gasteiger partial charge in [-0.3, -0.25) is 4.79 Å². The number of nitrogens with zero attached hydrogens (tertiary/aromatic N) is 1. The zero-order chi connectivity index (χ0) is 13.0. The first-order valence-electron chi connectivity index (χ1n) is 5.39. The van der Waals surface area contributed by atoms with E-state index in [-0.39, 0.29) is 0 Å². The zero-order valence-corrected chi connectivity index (χ0v) is 9.67. The fraction of sp³-hybridized carbons (Fsp3) is 0.0769. The van der Waals surface area contributed by atoms with Crippen LogP contribution in [0.1, 0.15) is 15.9 Å². The molecule has 18 heavy (non-hydrogen) atoms. The average molecular weight is 243 g/mol. The van der Waals surface area contributed by atoms with Gasteiger partial charge in [-0.05, 0) is 29.8 Å². The van der Waals surface area contributed by atoms with Crippen molar-refractivity contribution >= 4 is 11.7 Å². The number of benzene rings is 1. The second kappa shape index (κ2) is 5.18. The fourth-order valence-electron chi connectivity index (χ4n) is 1.50. The van der Waals surface area contributed by atoms with Crippen LogP contribution in [0.2, 0.25) is 0 Å². The van der Waals surface area contributed by atoms with E-state index in [0.717, 1.165) is 5.56 Å². The molecule has 5 nitrogen and oxygen atoms in total. The molecule has 2 aromatic rings. The highest BCUT2D eigenvalue weighted by Crippen LogP contribution is 2.18. The number of amides is 1. The van der Waals surface area contributed by atoms with E-state index in [1.165, 1.54) is 0 Å². The van der Waals surface area contributed by atoms with Crippen LogP contribution < -0.4 is 16.2 Å². The number of rotatable bonds is 4. The first-order chi connectivity index (χ1) is 8.66. The van der Waals surface area contributed by atoms with Crippen molar-refractivity contribution in [3.8, 4) is 5.75 Å². The van der Waals surface area contributed by atoms with Crippen molar-refractivity contribution < 1.29 is 9.53 Å². The number of carbonyl (C=O) groups is 1. The number of anilines is 1. The van der Waals surface area contributed by atoms with Crippen molar-refractivity contribution in [2.75, 3.05) is 5.73 Å². The van der Waals surface area contributed by atoms with Crippen LogP contribution in [0.25, 0.3) is 0 Å². The maximum absolute atomic E-state index is 11.0. The van der Waals surface area contributed by atoms with Gasteiger partial charge in [0, 0.05) is 11.8 Å². The molecule has 0 radical (unpaired) electrons. The maximum atomic E-state index is 11.0. The number of ether oxygens (including phenoxy) is 1. The third-order valence-corrected chi connectivity index (χ3v) is 2.41. The molecule has 1 amide bonds. The van der Waals surface area contributed by atoms with Gasteiger partial charge in [-0.2, -0.15) is 0 Å². The van der Waals surface area contributed by atoms with Crippen LogP contribution >= 0.6 is 0 Å². The number of hydrogen-bond donors (Lipinski definition) is 2. The molecule has 1 aromatic carbocycles. The first kappa shape index (κ1) is 11.9. The van der Waals surface area contributed by atoms with Crippen molar-refractivity contribution in [1.29, 1.82) is 0 Å². The van der Waals surface area contributed by atoms with Gasteiger partial charge in [-0.15, -0.1) is 0 Å². The van der Waals surface area contributed by atoms with E-state index in [2.05, 4.69) is 4.98 Å². The van der Waals surface area contributed by atoms with Gasteiger partial charge in [0.2, 0.25) is 5.91 Å². The van der Waals surface area contributed by atoms with Crippen molar-refractivity contribution in [3.63, 3.8) is 0 Å². The van der Waals surface area contributed by atoms with Crippen LogP contribution in [0.3, 0.4) is 0 Å². The van der Waals surface area contributed by atoms with E-state index in [9.17, 15) is 4.79 Å². The molecule has 0 fully saturated rings. The number of carbonyl (C=O) groups excluding carboxylic acids is 1. The van der Waals surface area contributed by atoms with Gasteiger partial charge < -0.3 is 16.2 Å². The summed E-state index contributed by atoms with van der Waals surface area (Å²) in [7, 11) is 0. The molecule has 0 saturated carbocycles. The topological polar surface area (TPSA) is 91.2 Å². The van der Waals surface area contributed by atoms with E-state index in [0.29, 0.717) is 23.7 Å². The summed E-state index contributed by atoms with van der Waals surface area (Å²) in [6.07, 6.45) is 1.59. The zero-order valence-electron chi connectivity index (χ0n) is 9.67. The molecule has 5 heteroatoms. The highest BCUT2D eigenvalue weighted by Gasteiger charge is 2.03. The average Bonchev–Trinajstić information content (AvgIpc) is 2.38. The van der Waals surface area contributed by atoms with Crippen LogP contribution in [-0.4, -0.2) is 10.9 Å². The van der Waals surface area contributed by atoms with Crippen LogP contribution in [0.5, 0.6) is 5.75 Å². The number of pyridine rings is 1. The molecular weight excluding hydrogens is 230 g/mol. The first-order valence-corrected chi connectivity index (χ1v) is 5.39. The normalized spacial score (nSPS) is 10.0. The van der Waals surface area contributed by atoms with Crippen LogP contribution in [0.15, 0.2) is 42.6 Å². The van der Waals surface area contributed by atoms with Crippen molar-refractivity contribution in [1.82, 2.24) is 4.98 Å². The Balaban J connectivity index is 2.09. The highest BCUT2D eigenvalue weighted by molar-refractivity contribution is 5.92. The quantitative estimate of drug-likeness (QED) is 0.847. The van der Waals surface area contributed by atoms with Crippen molar-refractivity contribution in [2.24, 2.45) is 5.73 Å². The SMILES string of the molecule is NC(=O)c1cccc(COc2cccnc2N)c1. The van der Waals surface area contributed by atoms with Gasteiger partial charge >= 0.3 is 0 Å². The molecule has 0 aliphatic rings. The fourth-order valence-corrected chi connectivity index (χ4v) is 1.50. The Bertz CT molecular complexity index is 570. The van der Waals surface area contributed by atoms with Crippen LogP contribution in [0.4, 0.5) is 5.82 Å². The number of aromatic nitrogens is 1. The van der Waals surface area contributed by atoms with Crippen LogP contribution in [-0.2, 0) is 6.61 Å². The minimum Gasteiger partial charge on any atom is -0.485 e. The Morgan fingerprint density at radius 3 is 2.83 bits per heavy atom. The van der Waals surface area contributed by atoms with E-state index in [1.807, 2.05) is 6.07 Å². The van der Waals surface area contributed by atoms with E-state index in [1.54, 1.807) is 36.5 Å². The molecule has 1 aromatic heterocycles. The summed E-state index contributed by atoms with van der Waals surface area (Å²) in [4.78, 5) is 14.9. The van der Waals surface area contributed by atoms with Crippen LogP contribution in [0, 0.1) is 0 Å². The third-order valence-electron chi connectivity index (χ3n) is 2.41. The van der Waals surface area contributed by atoms with Gasteiger partial charge in [0.1, 0.15) is 6.61 Å². The highest BCUT2D eigenvalue weighted by atomic mass is 16.5. The Kier molecular flexibility index (Phi) is 3.43. The lowest BCUT2D eigenvalue weighted by Crippen LogP contribution is -2.11. The van der Waals surface area contributed by atoms with Gasteiger partial charge in [-0.25, -0.2) is 4.98 Å². The molecular formula is C13H13N3O2. The molecule has 1 heterocycles. The standard InChI is InChI=1S/C13H13N3O2/c14-12-11(5-2-6-16-12)18-8-9-3-1-4-10(7-9)13(15)17/h1-7H,8H2,(H2,14,16)(H2,15,17). The maximum Gasteiger partial charge on any atom is 0.248 e. The molecule has 0 atom stereocenters. The molecule has 2 rings (SSSR count). The predicted molar refractivity (Wildman–Crippen MR) is 67.9 cm³/mol. The number of hydrogen-bond acceptors (Lipinski definition) is 4. The summed E-state index contributed by atoms with van der Waals surface area (Å²) in [5.41, 5.74) is 12.2. The van der Waals surface area contributed by atoms with Gasteiger partial charge in [0.25, 0.3) is 0 Å². The summed E-state index contributed by atoms with van der Waals surface area (Å²) in [5.74, 6) is 0.392. The van der Waals surface area contributed by atoms with Crippen molar-refractivity contribution in [3.05, 3.63) is 53.7 Å². The summed E-state index contributed by atoms with van der Waals surface area (Å²) in [6, 6.07) is 10.4. The summed E-state index contributed by atoms with van der Waals surface area (Å²) < 4.78 is 5.52. The molecule has 0 aliphatic carbocycles. The molecule has 0 bridgehead atoms. The van der Waals surface area contributed by atoms with Gasteiger partial charge in [0.15, 0.2) is 11.6 Å². The number of nitrogen functional groups attached to an aromatic ring is 1. The Labute approximate surface area is 104 Å². The van der Waals surface area contributed by atoms with Gasteiger partial charge in [0.05, 0.1) is 0 Å². The smallest absolute Gasteiger partial charge is 0.248 e. The van der Waals surface area contributed by atoms with E-state index >= 15 is 0 Å². The molecule has 0 aliphatic heterocycles. The molecule has 4 N–H and O–H groups in total. The largest absolute Gasteiger partial charge is 0.485 e. The molecule has 92 valence electrons. The second-order valence-electron chi connectivity index (χ2n) is 3.74. The summed E-state index contributed by atoms with van der Waals surface area (Å²) in [6.45, 7) is 0.303. The number of nitrogens with two attached hydrogens (primary N) is 2. The Morgan fingerprint density at radius 1 is 1.28 bits per heavy atom. The minimum absolute atomic E-state index is 0.303. The van der Waals surface area contributed by atoms with E-state index < -0.39 is 5.91 Å². The number of primary amides is 1. The Morgan fingerprint density at radius 2 is 2.11 bits per heavy atom. The molecule has 0 unspecified atom stereocenters. The molecule has 0 spiro atoms. The summed E-state index contributed by atoms with van der Waals surface area (Å²) >= 11 is 0. The predicted octanol–water partition coefficient (Wildman–Crippen LogP) is 1.34. The second-order valence-corrected chi connectivity index (χ2v) is 3.74. The molecule has 0 saturated heterocycles. The lowest BCUT2D eigenvalue weighted by molar-refractivity contribution is 0.1000. The lowest BCUT2D eigenvalue weighted by atomic mass is 10.1. The monoisotopic (exact) mass is 243 g/mol. The van der Waals surface area contributed by atoms with Crippen molar-refractivity contribution in [2.45, 2.75) is 6.61 Å². The van der Waals surface area contributed by atoms with Gasteiger partial charge in [-0.1, -0.05) is 12.1 Å². The lowest BCUT2D eigenvalue weighted by Gasteiger charge is -2.08.